The first-order chi connectivity index (χ1) is 10.5. The SMILES string of the molecule is C=CCOC(=O)Nc1nc(-c2ccc(OC)c(C)c2)c(C)s1. The highest BCUT2D eigenvalue weighted by molar-refractivity contribution is 7.16. The molecule has 1 aromatic heterocycles. The number of benzene rings is 1. The lowest BCUT2D eigenvalue weighted by molar-refractivity contribution is 0.174. The van der Waals surface area contributed by atoms with E-state index in [0.29, 0.717) is 5.13 Å². The van der Waals surface area contributed by atoms with Crippen molar-refractivity contribution in [1.29, 1.82) is 0 Å². The van der Waals surface area contributed by atoms with Gasteiger partial charge in [-0.1, -0.05) is 12.7 Å². The van der Waals surface area contributed by atoms with E-state index < -0.39 is 6.09 Å². The second-order valence-corrected chi connectivity index (χ2v) is 5.82. The second kappa shape index (κ2) is 7.09. The zero-order valence-corrected chi connectivity index (χ0v) is 13.6. The van der Waals surface area contributed by atoms with Crippen molar-refractivity contribution in [2.24, 2.45) is 0 Å². The minimum absolute atomic E-state index is 0.167. The Morgan fingerprint density at radius 3 is 2.86 bits per heavy atom. The number of hydrogen-bond acceptors (Lipinski definition) is 5. The van der Waals surface area contributed by atoms with Crippen LogP contribution in [0.3, 0.4) is 0 Å². The van der Waals surface area contributed by atoms with Crippen LogP contribution in [-0.4, -0.2) is 24.8 Å². The molecule has 1 heterocycles. The molecule has 0 radical (unpaired) electrons. The third-order valence-corrected chi connectivity index (χ3v) is 3.89. The summed E-state index contributed by atoms with van der Waals surface area (Å²) in [5.41, 5.74) is 2.86. The third kappa shape index (κ3) is 3.65. The Hall–Kier alpha value is -2.34. The van der Waals surface area contributed by atoms with Gasteiger partial charge < -0.3 is 9.47 Å². The van der Waals surface area contributed by atoms with Gasteiger partial charge in [-0.3, -0.25) is 5.32 Å². The summed E-state index contributed by atoms with van der Waals surface area (Å²) in [5.74, 6) is 0.836. The summed E-state index contributed by atoms with van der Waals surface area (Å²) in [6.45, 7) is 7.61. The minimum atomic E-state index is -0.536. The molecule has 0 spiro atoms. The van der Waals surface area contributed by atoms with Crippen LogP contribution in [0, 0.1) is 13.8 Å². The first-order valence-electron chi connectivity index (χ1n) is 6.72. The van der Waals surface area contributed by atoms with Gasteiger partial charge in [-0.25, -0.2) is 9.78 Å². The van der Waals surface area contributed by atoms with Crippen LogP contribution < -0.4 is 10.1 Å². The molecule has 0 atom stereocenters. The number of nitrogens with zero attached hydrogens (tertiary/aromatic N) is 1. The van der Waals surface area contributed by atoms with Crippen LogP contribution in [0.5, 0.6) is 5.75 Å². The molecule has 6 heteroatoms. The van der Waals surface area contributed by atoms with Crippen molar-refractivity contribution in [2.45, 2.75) is 13.8 Å². The fraction of sp³-hybridized carbons (Fsp3) is 0.250. The average molecular weight is 318 g/mol. The van der Waals surface area contributed by atoms with Crippen molar-refractivity contribution in [3.8, 4) is 17.0 Å². The van der Waals surface area contributed by atoms with Gasteiger partial charge in [0.25, 0.3) is 0 Å². The van der Waals surface area contributed by atoms with Crippen molar-refractivity contribution < 1.29 is 14.3 Å². The highest BCUT2D eigenvalue weighted by atomic mass is 32.1. The summed E-state index contributed by atoms with van der Waals surface area (Å²) in [5, 5.41) is 3.13. The number of aryl methyl sites for hydroxylation is 2. The normalized spacial score (nSPS) is 10.1. The van der Waals surface area contributed by atoms with Gasteiger partial charge in [0.05, 0.1) is 12.8 Å². The number of carbonyl (C=O) groups excluding carboxylic acids is 1. The molecule has 22 heavy (non-hydrogen) atoms. The first-order valence-corrected chi connectivity index (χ1v) is 7.54. The van der Waals surface area contributed by atoms with E-state index in [4.69, 9.17) is 9.47 Å². The molecule has 0 saturated carbocycles. The number of anilines is 1. The number of aromatic nitrogens is 1. The maximum absolute atomic E-state index is 11.5. The summed E-state index contributed by atoms with van der Waals surface area (Å²) < 4.78 is 10.1. The molecule has 5 nitrogen and oxygen atoms in total. The van der Waals surface area contributed by atoms with E-state index in [1.54, 1.807) is 7.11 Å². The van der Waals surface area contributed by atoms with Crippen LogP contribution in [0.15, 0.2) is 30.9 Å². The monoisotopic (exact) mass is 318 g/mol. The molecule has 2 rings (SSSR count). The lowest BCUT2D eigenvalue weighted by atomic mass is 10.1. The zero-order chi connectivity index (χ0) is 16.1. The largest absolute Gasteiger partial charge is 0.496 e. The van der Waals surface area contributed by atoms with E-state index in [9.17, 15) is 4.79 Å². The van der Waals surface area contributed by atoms with E-state index in [1.165, 1.54) is 17.4 Å². The molecule has 0 fully saturated rings. The Labute approximate surface area is 133 Å². The number of carbonyl (C=O) groups is 1. The lowest BCUT2D eigenvalue weighted by Crippen LogP contribution is -2.13. The first kappa shape index (κ1) is 16.0. The van der Waals surface area contributed by atoms with Gasteiger partial charge in [0, 0.05) is 10.4 Å². The summed E-state index contributed by atoms with van der Waals surface area (Å²) in [6.07, 6.45) is 0.976. The maximum atomic E-state index is 11.5. The standard InChI is InChI=1S/C16H18N2O3S/c1-5-8-21-16(19)18-15-17-14(11(3)22-15)12-6-7-13(20-4)10(2)9-12/h5-7,9H,1,8H2,2-4H3,(H,17,18,19). The van der Waals surface area contributed by atoms with E-state index >= 15 is 0 Å². The minimum Gasteiger partial charge on any atom is -0.496 e. The number of hydrogen-bond donors (Lipinski definition) is 1. The van der Waals surface area contributed by atoms with Crippen molar-refractivity contribution in [3.63, 3.8) is 0 Å². The summed E-state index contributed by atoms with van der Waals surface area (Å²) in [7, 11) is 1.65. The Bertz CT molecular complexity index is 695. The predicted octanol–water partition coefficient (Wildman–Crippen LogP) is 4.17. The highest BCUT2D eigenvalue weighted by Crippen LogP contribution is 2.32. The van der Waals surface area contributed by atoms with Crippen molar-refractivity contribution in [3.05, 3.63) is 41.3 Å². The maximum Gasteiger partial charge on any atom is 0.413 e. The van der Waals surface area contributed by atoms with Gasteiger partial charge in [-0.15, -0.1) is 11.3 Å². The topological polar surface area (TPSA) is 60.5 Å². The third-order valence-electron chi connectivity index (χ3n) is 3.01. The van der Waals surface area contributed by atoms with Crippen LogP contribution >= 0.6 is 11.3 Å². The van der Waals surface area contributed by atoms with E-state index in [2.05, 4.69) is 16.9 Å². The van der Waals surface area contributed by atoms with Crippen LogP contribution in [0.25, 0.3) is 11.3 Å². The summed E-state index contributed by atoms with van der Waals surface area (Å²) >= 11 is 1.41. The van der Waals surface area contributed by atoms with Gasteiger partial charge in [0.1, 0.15) is 12.4 Å². The number of rotatable bonds is 5. The molecule has 1 amide bonds. The smallest absolute Gasteiger partial charge is 0.413 e. The van der Waals surface area contributed by atoms with Crippen LogP contribution in [-0.2, 0) is 4.74 Å². The van der Waals surface area contributed by atoms with Crippen molar-refractivity contribution in [1.82, 2.24) is 4.98 Å². The molecule has 0 saturated heterocycles. The van der Waals surface area contributed by atoms with Crippen molar-refractivity contribution in [2.75, 3.05) is 19.0 Å². The van der Waals surface area contributed by atoms with Crippen LogP contribution in [0.1, 0.15) is 10.4 Å². The van der Waals surface area contributed by atoms with Crippen molar-refractivity contribution >= 4 is 22.6 Å². The molecular weight excluding hydrogens is 300 g/mol. The number of methoxy groups -OCH3 is 1. The zero-order valence-electron chi connectivity index (χ0n) is 12.8. The van der Waals surface area contributed by atoms with E-state index in [-0.39, 0.29) is 6.61 Å². The highest BCUT2D eigenvalue weighted by Gasteiger charge is 2.13. The molecule has 116 valence electrons. The van der Waals surface area contributed by atoms with Crippen LogP contribution in [0.2, 0.25) is 0 Å². The number of amides is 1. The van der Waals surface area contributed by atoms with E-state index in [1.807, 2.05) is 32.0 Å². The summed E-state index contributed by atoms with van der Waals surface area (Å²) in [4.78, 5) is 17.0. The molecular formula is C16H18N2O3S. The van der Waals surface area contributed by atoms with Gasteiger partial charge in [-0.05, 0) is 37.6 Å². The lowest BCUT2D eigenvalue weighted by Gasteiger charge is -2.06. The molecule has 1 N–H and O–H groups in total. The Kier molecular flexibility index (Phi) is 5.16. The number of ether oxygens (including phenoxy) is 2. The molecule has 0 bridgehead atoms. The summed E-state index contributed by atoms with van der Waals surface area (Å²) in [6, 6.07) is 5.88. The van der Waals surface area contributed by atoms with Gasteiger partial charge in [0.15, 0.2) is 5.13 Å². The quantitative estimate of drug-likeness (QED) is 0.841. The van der Waals surface area contributed by atoms with Gasteiger partial charge in [0.2, 0.25) is 0 Å². The predicted molar refractivity (Wildman–Crippen MR) is 88.7 cm³/mol. The Morgan fingerprint density at radius 1 is 1.45 bits per heavy atom. The fourth-order valence-corrected chi connectivity index (χ4v) is 2.82. The number of thiazole rings is 1. The van der Waals surface area contributed by atoms with Gasteiger partial charge >= 0.3 is 6.09 Å². The second-order valence-electron chi connectivity index (χ2n) is 4.62. The van der Waals surface area contributed by atoms with E-state index in [0.717, 1.165) is 27.4 Å². The molecule has 0 aliphatic heterocycles. The van der Waals surface area contributed by atoms with Gasteiger partial charge in [-0.2, -0.15) is 0 Å². The molecule has 0 unspecified atom stereocenters. The average Bonchev–Trinajstić information content (AvgIpc) is 2.85. The molecule has 0 aliphatic carbocycles. The molecule has 0 aliphatic rings. The molecule has 2 aromatic rings. The Balaban J connectivity index is 2.21. The Morgan fingerprint density at radius 2 is 2.23 bits per heavy atom. The fourth-order valence-electron chi connectivity index (χ4n) is 2.00. The molecule has 1 aromatic carbocycles. The van der Waals surface area contributed by atoms with Crippen LogP contribution in [0.4, 0.5) is 9.93 Å². The number of nitrogens with one attached hydrogen (secondary N) is 1.